The lowest BCUT2D eigenvalue weighted by atomic mass is 9.98. The van der Waals surface area contributed by atoms with Gasteiger partial charge in [-0.05, 0) is 19.1 Å². The Morgan fingerprint density at radius 3 is 2.72 bits per heavy atom. The number of nitrogens with zero attached hydrogens (tertiary/aromatic N) is 2. The molecule has 0 radical (unpaired) electrons. The smallest absolute Gasteiger partial charge is 0.202 e. The van der Waals surface area contributed by atoms with E-state index in [1.807, 2.05) is 37.3 Å². The van der Waals surface area contributed by atoms with Crippen LogP contribution in [0.25, 0.3) is 32.9 Å². The number of fused-ring (bicyclic) bond motifs is 2. The lowest BCUT2D eigenvalue weighted by Gasteiger charge is -2.13. The Kier molecular flexibility index (Phi) is 3.32. The number of ether oxygens (including phenoxy) is 1. The third-order valence-corrected chi connectivity index (χ3v) is 4.60. The van der Waals surface area contributed by atoms with Gasteiger partial charge in [0.1, 0.15) is 5.75 Å². The summed E-state index contributed by atoms with van der Waals surface area (Å²) in [6, 6.07) is 11.9. The minimum Gasteiger partial charge on any atom is -0.496 e. The summed E-state index contributed by atoms with van der Waals surface area (Å²) >= 11 is 0. The van der Waals surface area contributed by atoms with Gasteiger partial charge in [0.05, 0.1) is 29.2 Å². The highest BCUT2D eigenvalue weighted by atomic mass is 16.5. The second-order valence-corrected chi connectivity index (χ2v) is 6.25. The van der Waals surface area contributed by atoms with Crippen molar-refractivity contribution < 1.29 is 9.84 Å². The summed E-state index contributed by atoms with van der Waals surface area (Å²) in [5.74, 6) is 0.912. The van der Waals surface area contributed by atoms with Crippen molar-refractivity contribution in [2.45, 2.75) is 6.92 Å². The number of anilines is 1. The van der Waals surface area contributed by atoms with Crippen molar-refractivity contribution >= 4 is 27.5 Å². The standard InChI is InChI=1S/C20H19N3O2/c1-11-7-8-16(25-3)14(9-11)12-5-4-6-13-18(21)17-15(22-19(12)13)10-23(2)20(17)24/h4-10,24H,21H2,1-3H3. The van der Waals surface area contributed by atoms with E-state index >= 15 is 0 Å². The molecule has 0 unspecified atom stereocenters. The van der Waals surface area contributed by atoms with Crippen LogP contribution in [0.15, 0.2) is 42.6 Å². The molecule has 0 aliphatic rings. The molecule has 2 heterocycles. The quantitative estimate of drug-likeness (QED) is 0.581. The lowest BCUT2D eigenvalue weighted by molar-refractivity contribution is 0.416. The number of benzene rings is 2. The Bertz CT molecular complexity index is 1130. The van der Waals surface area contributed by atoms with E-state index in [4.69, 9.17) is 15.5 Å². The van der Waals surface area contributed by atoms with Gasteiger partial charge in [-0.15, -0.1) is 0 Å². The van der Waals surface area contributed by atoms with E-state index in [0.717, 1.165) is 33.3 Å². The third-order valence-electron chi connectivity index (χ3n) is 4.60. The molecule has 0 spiro atoms. The Balaban J connectivity index is 2.13. The van der Waals surface area contributed by atoms with Gasteiger partial charge in [-0.1, -0.05) is 29.8 Å². The van der Waals surface area contributed by atoms with Crippen LogP contribution in [0.5, 0.6) is 11.6 Å². The van der Waals surface area contributed by atoms with Crippen molar-refractivity contribution in [1.29, 1.82) is 0 Å². The molecule has 0 bridgehead atoms. The number of aromatic hydroxyl groups is 1. The molecular formula is C20H19N3O2. The van der Waals surface area contributed by atoms with Crippen molar-refractivity contribution in [3.8, 4) is 22.8 Å². The van der Waals surface area contributed by atoms with Gasteiger partial charge in [-0.2, -0.15) is 0 Å². The van der Waals surface area contributed by atoms with E-state index in [2.05, 4.69) is 6.07 Å². The number of nitrogens with two attached hydrogens (primary N) is 1. The fourth-order valence-electron chi connectivity index (χ4n) is 3.33. The van der Waals surface area contributed by atoms with Crippen LogP contribution in [-0.2, 0) is 7.05 Å². The van der Waals surface area contributed by atoms with E-state index in [-0.39, 0.29) is 5.88 Å². The van der Waals surface area contributed by atoms with Gasteiger partial charge < -0.3 is 20.1 Å². The SMILES string of the molecule is COc1ccc(C)cc1-c1cccc2c(N)c3c(O)n(C)cc3nc12. The van der Waals surface area contributed by atoms with E-state index in [9.17, 15) is 5.11 Å². The first-order valence-corrected chi connectivity index (χ1v) is 8.02. The van der Waals surface area contributed by atoms with E-state index in [0.29, 0.717) is 16.6 Å². The average Bonchev–Trinajstić information content (AvgIpc) is 2.89. The highest BCUT2D eigenvalue weighted by Crippen LogP contribution is 2.40. The van der Waals surface area contributed by atoms with Gasteiger partial charge in [0.15, 0.2) is 0 Å². The summed E-state index contributed by atoms with van der Waals surface area (Å²) in [6.07, 6.45) is 1.78. The Morgan fingerprint density at radius 1 is 1.16 bits per heavy atom. The Morgan fingerprint density at radius 2 is 1.96 bits per heavy atom. The molecule has 0 fully saturated rings. The molecule has 4 aromatic rings. The molecule has 126 valence electrons. The number of rotatable bonds is 2. The first-order valence-electron chi connectivity index (χ1n) is 8.02. The molecule has 25 heavy (non-hydrogen) atoms. The Labute approximate surface area is 145 Å². The van der Waals surface area contributed by atoms with Crippen LogP contribution in [0.2, 0.25) is 0 Å². The lowest BCUT2D eigenvalue weighted by Crippen LogP contribution is -1.95. The largest absolute Gasteiger partial charge is 0.496 e. The van der Waals surface area contributed by atoms with E-state index in [1.54, 1.807) is 24.9 Å². The summed E-state index contributed by atoms with van der Waals surface area (Å²) in [5, 5.41) is 11.7. The summed E-state index contributed by atoms with van der Waals surface area (Å²) < 4.78 is 7.17. The molecule has 0 saturated carbocycles. The van der Waals surface area contributed by atoms with Crippen LogP contribution >= 0.6 is 0 Å². The maximum Gasteiger partial charge on any atom is 0.202 e. The zero-order valence-corrected chi connectivity index (χ0v) is 14.4. The van der Waals surface area contributed by atoms with Crippen molar-refractivity contribution in [1.82, 2.24) is 9.55 Å². The molecule has 2 aromatic heterocycles. The van der Waals surface area contributed by atoms with E-state index < -0.39 is 0 Å². The minimum atomic E-state index is 0.125. The average molecular weight is 333 g/mol. The number of para-hydroxylation sites is 1. The van der Waals surface area contributed by atoms with Crippen LogP contribution in [-0.4, -0.2) is 21.8 Å². The predicted octanol–water partition coefficient (Wildman–Crippen LogP) is 4.00. The Hall–Kier alpha value is -3.21. The van der Waals surface area contributed by atoms with Gasteiger partial charge in [0.2, 0.25) is 5.88 Å². The van der Waals surface area contributed by atoms with Crippen LogP contribution in [0, 0.1) is 6.92 Å². The maximum atomic E-state index is 10.3. The molecule has 0 aliphatic carbocycles. The molecule has 0 atom stereocenters. The third kappa shape index (κ3) is 2.20. The highest BCUT2D eigenvalue weighted by Gasteiger charge is 2.17. The molecule has 4 rings (SSSR count). The van der Waals surface area contributed by atoms with Gasteiger partial charge >= 0.3 is 0 Å². The fourth-order valence-corrected chi connectivity index (χ4v) is 3.33. The molecule has 0 amide bonds. The second-order valence-electron chi connectivity index (χ2n) is 6.25. The highest BCUT2D eigenvalue weighted by molar-refractivity contribution is 6.12. The molecule has 5 nitrogen and oxygen atoms in total. The first kappa shape index (κ1) is 15.3. The second kappa shape index (κ2) is 5.41. The van der Waals surface area contributed by atoms with Crippen molar-refractivity contribution in [3.63, 3.8) is 0 Å². The van der Waals surface area contributed by atoms with Crippen molar-refractivity contribution in [2.24, 2.45) is 7.05 Å². The number of methoxy groups -OCH3 is 1. The number of aromatic nitrogens is 2. The first-order chi connectivity index (χ1) is 12.0. The number of pyridine rings is 1. The van der Waals surface area contributed by atoms with Gasteiger partial charge in [-0.25, -0.2) is 4.98 Å². The van der Waals surface area contributed by atoms with Crippen molar-refractivity contribution in [2.75, 3.05) is 12.8 Å². The predicted molar refractivity (Wildman–Crippen MR) is 101 cm³/mol. The van der Waals surface area contributed by atoms with Gasteiger partial charge in [0, 0.05) is 29.8 Å². The van der Waals surface area contributed by atoms with E-state index in [1.165, 1.54) is 0 Å². The molecule has 2 aromatic carbocycles. The zero-order chi connectivity index (χ0) is 17.7. The zero-order valence-electron chi connectivity index (χ0n) is 14.4. The maximum absolute atomic E-state index is 10.3. The monoisotopic (exact) mass is 333 g/mol. The summed E-state index contributed by atoms with van der Waals surface area (Å²) in [4.78, 5) is 4.79. The topological polar surface area (TPSA) is 73.3 Å². The summed E-state index contributed by atoms with van der Waals surface area (Å²) in [7, 11) is 3.43. The number of hydrogen-bond donors (Lipinski definition) is 2. The number of hydrogen-bond acceptors (Lipinski definition) is 4. The van der Waals surface area contributed by atoms with Crippen LogP contribution in [0.4, 0.5) is 5.69 Å². The molecule has 3 N–H and O–H groups in total. The fraction of sp³-hybridized carbons (Fsp3) is 0.150. The summed E-state index contributed by atoms with van der Waals surface area (Å²) in [5.41, 5.74) is 11.4. The normalized spacial score (nSPS) is 11.3. The van der Waals surface area contributed by atoms with Crippen LogP contribution in [0.3, 0.4) is 0 Å². The molecule has 5 heteroatoms. The van der Waals surface area contributed by atoms with Crippen LogP contribution < -0.4 is 10.5 Å². The van der Waals surface area contributed by atoms with Gasteiger partial charge in [-0.3, -0.25) is 0 Å². The molecule has 0 aliphatic heterocycles. The number of nitrogen functional groups attached to an aromatic ring is 1. The molecule has 0 saturated heterocycles. The van der Waals surface area contributed by atoms with Gasteiger partial charge in [0.25, 0.3) is 0 Å². The number of aryl methyl sites for hydroxylation is 2. The molecular weight excluding hydrogens is 314 g/mol. The summed E-state index contributed by atoms with van der Waals surface area (Å²) in [6.45, 7) is 2.04. The minimum absolute atomic E-state index is 0.125. The van der Waals surface area contributed by atoms with Crippen molar-refractivity contribution in [3.05, 3.63) is 48.2 Å². The van der Waals surface area contributed by atoms with Crippen LogP contribution in [0.1, 0.15) is 5.56 Å².